The average molecular weight is 612 g/mol. The van der Waals surface area contributed by atoms with Crippen LogP contribution in [-0.2, 0) is 27.3 Å². The molecule has 2 atom stereocenters. The zero-order valence-electron chi connectivity index (χ0n) is 25.1. The van der Waals surface area contributed by atoms with E-state index in [4.69, 9.17) is 11.6 Å². The topological polar surface area (TPSA) is 121 Å². The van der Waals surface area contributed by atoms with Gasteiger partial charge in [-0.15, -0.1) is 0 Å². The van der Waals surface area contributed by atoms with Gasteiger partial charge in [-0.1, -0.05) is 43.0 Å². The second-order valence-corrected chi connectivity index (χ2v) is 13.1. The van der Waals surface area contributed by atoms with Gasteiger partial charge in [0.05, 0.1) is 5.92 Å². The molecule has 5 rings (SSSR count). The van der Waals surface area contributed by atoms with E-state index in [1.165, 1.54) is 32.1 Å². The van der Waals surface area contributed by atoms with Gasteiger partial charge in [-0.05, 0) is 74.1 Å². The Labute approximate surface area is 259 Å². The fourth-order valence-electron chi connectivity index (χ4n) is 7.28. The Hall–Kier alpha value is -2.98. The highest BCUT2D eigenvalue weighted by atomic mass is 35.5. The number of carbonyl (C=O) groups excluding carboxylic acids is 3. The Morgan fingerprint density at radius 1 is 1.05 bits per heavy atom. The van der Waals surface area contributed by atoms with Crippen LogP contribution in [0.15, 0.2) is 36.9 Å². The van der Waals surface area contributed by atoms with Crippen molar-refractivity contribution in [1.29, 1.82) is 0 Å². The predicted molar refractivity (Wildman–Crippen MR) is 165 cm³/mol. The summed E-state index contributed by atoms with van der Waals surface area (Å²) in [7, 11) is 0. The van der Waals surface area contributed by atoms with Gasteiger partial charge >= 0.3 is 0 Å². The zero-order chi connectivity index (χ0) is 30.1. The quantitative estimate of drug-likeness (QED) is 0.358. The number of rotatable bonds is 11. The Balaban J connectivity index is 1.21. The molecule has 11 heteroatoms. The standard InChI is InChI=1S/C32H46ClN7O3/c33-27-10-8-24(9-11-27)19-28(38-29(41)12-16-36-30(42)25-5-4-15-34-20-25)31(43)39-17-13-32(14-18-39,21-40-23-35-22-37-40)26-6-2-1-3-7-26/h8-11,22-23,25-26,28,34H,1-7,12-21H2,(H,36,42)(H,38,41)/t25-,28-/m1/s1. The lowest BCUT2D eigenvalue weighted by atomic mass is 9.63. The number of halogens is 1. The first kappa shape index (κ1) is 31.4. The summed E-state index contributed by atoms with van der Waals surface area (Å²) in [5.74, 6) is 0.245. The largest absolute Gasteiger partial charge is 0.355 e. The number of piperidine rings is 2. The van der Waals surface area contributed by atoms with Gasteiger partial charge in [0.15, 0.2) is 0 Å². The maximum atomic E-state index is 14.0. The van der Waals surface area contributed by atoms with Gasteiger partial charge in [-0.2, -0.15) is 5.10 Å². The van der Waals surface area contributed by atoms with Crippen LogP contribution in [0.4, 0.5) is 0 Å². The third kappa shape index (κ3) is 8.56. The fraction of sp³-hybridized carbons (Fsp3) is 0.656. The summed E-state index contributed by atoms with van der Waals surface area (Å²) in [6, 6.07) is 6.72. The monoisotopic (exact) mass is 611 g/mol. The number of amides is 3. The van der Waals surface area contributed by atoms with Crippen LogP contribution in [0.1, 0.15) is 69.8 Å². The van der Waals surface area contributed by atoms with Crippen LogP contribution in [0.25, 0.3) is 0 Å². The Bertz CT molecular complexity index is 1190. The number of carbonyl (C=O) groups is 3. The van der Waals surface area contributed by atoms with Crippen molar-refractivity contribution >= 4 is 29.3 Å². The van der Waals surface area contributed by atoms with Crippen LogP contribution >= 0.6 is 11.6 Å². The molecule has 0 bridgehead atoms. The van der Waals surface area contributed by atoms with Crippen LogP contribution in [0.3, 0.4) is 0 Å². The van der Waals surface area contributed by atoms with E-state index >= 15 is 0 Å². The fourth-order valence-corrected chi connectivity index (χ4v) is 7.41. The maximum absolute atomic E-state index is 14.0. The molecule has 0 radical (unpaired) electrons. The highest BCUT2D eigenvalue weighted by molar-refractivity contribution is 6.30. The maximum Gasteiger partial charge on any atom is 0.245 e. The summed E-state index contributed by atoms with van der Waals surface area (Å²) in [5.41, 5.74) is 1.02. The molecule has 1 saturated carbocycles. The molecule has 3 fully saturated rings. The molecule has 1 aromatic heterocycles. The van der Waals surface area contributed by atoms with E-state index in [2.05, 4.69) is 26.0 Å². The lowest BCUT2D eigenvalue weighted by Crippen LogP contribution is -2.54. The van der Waals surface area contributed by atoms with Crippen molar-refractivity contribution in [2.24, 2.45) is 17.3 Å². The number of hydrogen-bond donors (Lipinski definition) is 3. The molecule has 1 aliphatic carbocycles. The third-order valence-electron chi connectivity index (χ3n) is 9.79. The van der Waals surface area contributed by atoms with Crippen LogP contribution in [0.2, 0.25) is 5.02 Å². The molecule has 2 saturated heterocycles. The van der Waals surface area contributed by atoms with E-state index in [1.807, 2.05) is 21.7 Å². The second kappa shape index (κ2) is 15.1. The van der Waals surface area contributed by atoms with Gasteiger partial charge in [-0.3, -0.25) is 19.1 Å². The Morgan fingerprint density at radius 3 is 2.49 bits per heavy atom. The molecule has 1 aromatic carbocycles. The molecule has 2 aromatic rings. The van der Waals surface area contributed by atoms with Gasteiger partial charge in [0.1, 0.15) is 18.7 Å². The summed E-state index contributed by atoms with van der Waals surface area (Å²) >= 11 is 6.10. The summed E-state index contributed by atoms with van der Waals surface area (Å²) in [4.78, 5) is 45.6. The Kier molecular flexibility index (Phi) is 11.1. The van der Waals surface area contributed by atoms with E-state index in [-0.39, 0.29) is 42.0 Å². The van der Waals surface area contributed by atoms with Crippen molar-refractivity contribution in [2.75, 3.05) is 32.7 Å². The second-order valence-electron chi connectivity index (χ2n) is 12.7. The van der Waals surface area contributed by atoms with Crippen molar-refractivity contribution in [2.45, 2.75) is 83.2 Å². The highest BCUT2D eigenvalue weighted by Gasteiger charge is 2.43. The molecule has 2 aliphatic heterocycles. The first-order valence-electron chi connectivity index (χ1n) is 16.1. The molecule has 3 aliphatic rings. The smallest absolute Gasteiger partial charge is 0.245 e. The molecule has 234 valence electrons. The molecular formula is C32H46ClN7O3. The van der Waals surface area contributed by atoms with Crippen molar-refractivity contribution in [3.05, 3.63) is 47.5 Å². The van der Waals surface area contributed by atoms with Gasteiger partial charge in [-0.25, -0.2) is 4.98 Å². The molecule has 0 spiro atoms. The van der Waals surface area contributed by atoms with Crippen molar-refractivity contribution in [1.82, 2.24) is 35.6 Å². The van der Waals surface area contributed by atoms with Crippen LogP contribution in [-0.4, -0.2) is 76.2 Å². The molecule has 3 heterocycles. The predicted octanol–water partition coefficient (Wildman–Crippen LogP) is 3.35. The number of aromatic nitrogens is 3. The number of benzene rings is 1. The molecule has 3 amide bonds. The first-order chi connectivity index (χ1) is 20.9. The van der Waals surface area contributed by atoms with Gasteiger partial charge < -0.3 is 20.9 Å². The molecule has 0 unspecified atom stereocenters. The minimum Gasteiger partial charge on any atom is -0.355 e. The molecular weight excluding hydrogens is 566 g/mol. The SMILES string of the molecule is O=C(CCNC(=O)[C@@H]1CCCNC1)N[C@H](Cc1ccc(Cl)cc1)C(=O)N1CCC(Cn2cncn2)(C2CCCCC2)CC1. The number of likely N-dealkylation sites (tertiary alicyclic amines) is 1. The first-order valence-corrected chi connectivity index (χ1v) is 16.4. The van der Waals surface area contributed by atoms with E-state index in [1.54, 1.807) is 24.8 Å². The minimum absolute atomic E-state index is 0.0190. The molecule has 43 heavy (non-hydrogen) atoms. The normalized spacial score (nSPS) is 21.6. The van der Waals surface area contributed by atoms with Gasteiger partial charge in [0.2, 0.25) is 17.7 Å². The van der Waals surface area contributed by atoms with Crippen LogP contribution in [0.5, 0.6) is 0 Å². The Morgan fingerprint density at radius 2 is 1.81 bits per heavy atom. The van der Waals surface area contributed by atoms with Crippen molar-refractivity contribution < 1.29 is 14.4 Å². The zero-order valence-corrected chi connectivity index (χ0v) is 25.9. The average Bonchev–Trinajstić information content (AvgIpc) is 3.55. The highest BCUT2D eigenvalue weighted by Crippen LogP contribution is 2.47. The summed E-state index contributed by atoms with van der Waals surface area (Å²) in [6.07, 6.45) is 13.8. The van der Waals surface area contributed by atoms with E-state index < -0.39 is 6.04 Å². The summed E-state index contributed by atoms with van der Waals surface area (Å²) in [6.45, 7) is 4.00. The van der Waals surface area contributed by atoms with Gasteiger partial charge in [0.25, 0.3) is 0 Å². The van der Waals surface area contributed by atoms with Crippen molar-refractivity contribution in [3.8, 4) is 0 Å². The lowest BCUT2D eigenvalue weighted by molar-refractivity contribution is -0.139. The third-order valence-corrected chi connectivity index (χ3v) is 10.0. The molecule has 10 nitrogen and oxygen atoms in total. The number of hydrogen-bond acceptors (Lipinski definition) is 6. The van der Waals surface area contributed by atoms with Crippen LogP contribution < -0.4 is 16.0 Å². The van der Waals surface area contributed by atoms with E-state index in [9.17, 15) is 14.4 Å². The minimum atomic E-state index is -0.690. The number of nitrogens with one attached hydrogen (secondary N) is 3. The molecule has 3 N–H and O–H groups in total. The number of nitrogens with zero attached hydrogens (tertiary/aromatic N) is 4. The summed E-state index contributed by atoms with van der Waals surface area (Å²) < 4.78 is 1.96. The van der Waals surface area contributed by atoms with Crippen molar-refractivity contribution in [3.63, 3.8) is 0 Å². The van der Waals surface area contributed by atoms with E-state index in [0.29, 0.717) is 37.0 Å². The van der Waals surface area contributed by atoms with Gasteiger partial charge in [0, 0.05) is 50.6 Å². The van der Waals surface area contributed by atoms with Crippen LogP contribution in [0, 0.1) is 17.3 Å². The lowest BCUT2D eigenvalue weighted by Gasteiger charge is -2.48. The summed E-state index contributed by atoms with van der Waals surface area (Å²) in [5, 5.41) is 14.2. The van der Waals surface area contributed by atoms with E-state index in [0.717, 1.165) is 44.3 Å².